The fourth-order valence-corrected chi connectivity index (χ4v) is 1.73. The fraction of sp³-hybridized carbons (Fsp3) is 0.875. The van der Waals surface area contributed by atoms with Gasteiger partial charge >= 0.3 is 5.97 Å². The first kappa shape index (κ1) is 9.48. The molecule has 1 heterocycles. The van der Waals surface area contributed by atoms with Gasteiger partial charge in [0.05, 0.1) is 12.5 Å². The summed E-state index contributed by atoms with van der Waals surface area (Å²) in [6, 6.07) is 0. The minimum absolute atomic E-state index is 0.123. The number of rotatable bonds is 3. The van der Waals surface area contributed by atoms with Gasteiger partial charge in [-0.1, -0.05) is 0 Å². The van der Waals surface area contributed by atoms with Crippen LogP contribution in [-0.4, -0.2) is 47.8 Å². The Morgan fingerprint density at radius 2 is 2.42 bits per heavy atom. The molecule has 0 bridgehead atoms. The monoisotopic (exact) mass is 173 g/mol. The second-order valence-corrected chi connectivity index (χ2v) is 3.44. The molecule has 0 amide bonds. The summed E-state index contributed by atoms with van der Waals surface area (Å²) in [6.07, 6.45) is 0.883. The van der Waals surface area contributed by atoms with Gasteiger partial charge < -0.3 is 15.1 Å². The molecule has 1 saturated heterocycles. The Kier molecular flexibility index (Phi) is 3.05. The van der Waals surface area contributed by atoms with Gasteiger partial charge in [-0.25, -0.2) is 0 Å². The number of carboxylic acid groups (broad SMARTS) is 1. The number of carbonyl (C=O) groups is 1. The molecule has 0 aromatic carbocycles. The number of aliphatic hydroxyl groups excluding tert-OH is 1. The SMILES string of the molecule is CN1CCC(C(CO)C(=O)O)C1. The van der Waals surface area contributed by atoms with Crippen molar-refractivity contribution in [2.75, 3.05) is 26.7 Å². The van der Waals surface area contributed by atoms with Crippen LogP contribution in [0.4, 0.5) is 0 Å². The first-order valence-electron chi connectivity index (χ1n) is 4.17. The lowest BCUT2D eigenvalue weighted by Gasteiger charge is -2.16. The van der Waals surface area contributed by atoms with Crippen molar-refractivity contribution in [3.05, 3.63) is 0 Å². The van der Waals surface area contributed by atoms with Crippen molar-refractivity contribution in [3.8, 4) is 0 Å². The summed E-state index contributed by atoms with van der Waals surface area (Å²) in [5.41, 5.74) is 0. The van der Waals surface area contributed by atoms with E-state index < -0.39 is 11.9 Å². The Bertz CT molecular complexity index is 172. The van der Waals surface area contributed by atoms with E-state index in [0.717, 1.165) is 19.5 Å². The van der Waals surface area contributed by atoms with Crippen LogP contribution in [0.25, 0.3) is 0 Å². The van der Waals surface area contributed by atoms with Crippen molar-refractivity contribution >= 4 is 5.97 Å². The second kappa shape index (κ2) is 3.87. The van der Waals surface area contributed by atoms with Crippen LogP contribution in [0.15, 0.2) is 0 Å². The molecule has 1 aliphatic heterocycles. The van der Waals surface area contributed by atoms with Gasteiger partial charge in [-0.2, -0.15) is 0 Å². The molecule has 0 aliphatic carbocycles. The number of hydrogen-bond acceptors (Lipinski definition) is 3. The Morgan fingerprint density at radius 1 is 1.75 bits per heavy atom. The fourth-order valence-electron chi connectivity index (χ4n) is 1.73. The van der Waals surface area contributed by atoms with E-state index in [1.807, 2.05) is 7.05 Å². The largest absolute Gasteiger partial charge is 0.481 e. The van der Waals surface area contributed by atoms with Crippen molar-refractivity contribution in [2.45, 2.75) is 6.42 Å². The Morgan fingerprint density at radius 3 is 2.75 bits per heavy atom. The number of hydrogen-bond donors (Lipinski definition) is 2. The molecular weight excluding hydrogens is 158 g/mol. The summed E-state index contributed by atoms with van der Waals surface area (Å²) < 4.78 is 0. The lowest BCUT2D eigenvalue weighted by Crippen LogP contribution is -2.28. The molecule has 4 heteroatoms. The first-order valence-corrected chi connectivity index (χ1v) is 4.17. The van der Waals surface area contributed by atoms with Gasteiger partial charge in [0.25, 0.3) is 0 Å². The Labute approximate surface area is 71.8 Å². The summed E-state index contributed by atoms with van der Waals surface area (Å²) in [7, 11) is 1.97. The number of nitrogens with zero attached hydrogens (tertiary/aromatic N) is 1. The van der Waals surface area contributed by atoms with E-state index in [9.17, 15) is 4.79 Å². The topological polar surface area (TPSA) is 60.8 Å². The van der Waals surface area contributed by atoms with Crippen LogP contribution in [0, 0.1) is 11.8 Å². The standard InChI is InChI=1S/C8H15NO3/c1-9-3-2-6(4-9)7(5-10)8(11)12/h6-7,10H,2-5H2,1H3,(H,11,12). The van der Waals surface area contributed by atoms with E-state index in [2.05, 4.69) is 4.90 Å². The molecule has 0 radical (unpaired) electrons. The van der Waals surface area contributed by atoms with E-state index in [0.29, 0.717) is 0 Å². The molecular formula is C8H15NO3. The molecule has 1 rings (SSSR count). The maximum absolute atomic E-state index is 10.6. The van der Waals surface area contributed by atoms with E-state index in [1.165, 1.54) is 0 Å². The molecule has 70 valence electrons. The molecule has 0 aromatic rings. The zero-order chi connectivity index (χ0) is 9.14. The van der Waals surface area contributed by atoms with Gasteiger partial charge in [0, 0.05) is 6.54 Å². The van der Waals surface area contributed by atoms with Crippen molar-refractivity contribution in [1.29, 1.82) is 0 Å². The summed E-state index contributed by atoms with van der Waals surface area (Å²) in [4.78, 5) is 12.7. The average molecular weight is 173 g/mol. The third-order valence-electron chi connectivity index (χ3n) is 2.51. The number of aliphatic hydroxyl groups is 1. The summed E-state index contributed by atoms with van der Waals surface area (Å²) in [5.74, 6) is -1.33. The van der Waals surface area contributed by atoms with Crippen LogP contribution in [0.2, 0.25) is 0 Å². The molecule has 0 aromatic heterocycles. The van der Waals surface area contributed by atoms with Crippen molar-refractivity contribution in [1.82, 2.24) is 4.90 Å². The predicted octanol–water partition coefficient (Wildman–Crippen LogP) is -0.369. The highest BCUT2D eigenvalue weighted by molar-refractivity contribution is 5.70. The lowest BCUT2D eigenvalue weighted by atomic mass is 9.92. The highest BCUT2D eigenvalue weighted by Crippen LogP contribution is 2.22. The van der Waals surface area contributed by atoms with Gasteiger partial charge in [0.15, 0.2) is 0 Å². The lowest BCUT2D eigenvalue weighted by molar-refractivity contribution is -0.145. The van der Waals surface area contributed by atoms with Crippen LogP contribution in [-0.2, 0) is 4.79 Å². The molecule has 1 aliphatic rings. The van der Waals surface area contributed by atoms with E-state index in [4.69, 9.17) is 10.2 Å². The molecule has 0 spiro atoms. The van der Waals surface area contributed by atoms with Gasteiger partial charge in [-0.3, -0.25) is 4.79 Å². The maximum Gasteiger partial charge on any atom is 0.309 e. The highest BCUT2D eigenvalue weighted by atomic mass is 16.4. The molecule has 2 atom stereocenters. The van der Waals surface area contributed by atoms with Crippen molar-refractivity contribution in [2.24, 2.45) is 11.8 Å². The van der Waals surface area contributed by atoms with Crippen LogP contribution in [0.5, 0.6) is 0 Å². The summed E-state index contributed by atoms with van der Waals surface area (Å²) in [5, 5.41) is 17.6. The van der Waals surface area contributed by atoms with Gasteiger partial charge in [-0.15, -0.1) is 0 Å². The van der Waals surface area contributed by atoms with Gasteiger partial charge in [0.1, 0.15) is 0 Å². The van der Waals surface area contributed by atoms with Crippen molar-refractivity contribution in [3.63, 3.8) is 0 Å². The molecule has 2 N–H and O–H groups in total. The number of likely N-dealkylation sites (tertiary alicyclic amines) is 1. The Balaban J connectivity index is 2.49. The third kappa shape index (κ3) is 1.95. The zero-order valence-electron chi connectivity index (χ0n) is 7.23. The van der Waals surface area contributed by atoms with Gasteiger partial charge in [0.2, 0.25) is 0 Å². The highest BCUT2D eigenvalue weighted by Gasteiger charge is 2.31. The molecule has 0 saturated carbocycles. The minimum atomic E-state index is -0.877. The normalized spacial score (nSPS) is 27.3. The summed E-state index contributed by atoms with van der Waals surface area (Å²) in [6.45, 7) is 1.49. The summed E-state index contributed by atoms with van der Waals surface area (Å²) >= 11 is 0. The smallest absolute Gasteiger partial charge is 0.309 e. The molecule has 2 unspecified atom stereocenters. The average Bonchev–Trinajstić information content (AvgIpc) is 2.37. The molecule has 4 nitrogen and oxygen atoms in total. The zero-order valence-corrected chi connectivity index (χ0v) is 7.23. The second-order valence-electron chi connectivity index (χ2n) is 3.44. The minimum Gasteiger partial charge on any atom is -0.481 e. The van der Waals surface area contributed by atoms with Crippen molar-refractivity contribution < 1.29 is 15.0 Å². The third-order valence-corrected chi connectivity index (χ3v) is 2.51. The molecule has 1 fully saturated rings. The quantitative estimate of drug-likeness (QED) is 0.611. The number of aliphatic carboxylic acids is 1. The van der Waals surface area contributed by atoms with Crippen LogP contribution in [0.3, 0.4) is 0 Å². The maximum atomic E-state index is 10.6. The number of carboxylic acids is 1. The predicted molar refractivity (Wildman–Crippen MR) is 43.8 cm³/mol. The molecule has 12 heavy (non-hydrogen) atoms. The van der Waals surface area contributed by atoms with E-state index >= 15 is 0 Å². The Hall–Kier alpha value is -0.610. The van der Waals surface area contributed by atoms with E-state index in [-0.39, 0.29) is 12.5 Å². The van der Waals surface area contributed by atoms with Crippen LogP contribution in [0.1, 0.15) is 6.42 Å². The first-order chi connectivity index (χ1) is 5.65. The van der Waals surface area contributed by atoms with Gasteiger partial charge in [-0.05, 0) is 25.9 Å². The van der Waals surface area contributed by atoms with Crippen LogP contribution >= 0.6 is 0 Å². The van der Waals surface area contributed by atoms with Crippen LogP contribution < -0.4 is 0 Å². The van der Waals surface area contributed by atoms with E-state index in [1.54, 1.807) is 0 Å².